The molecule has 0 aromatic heterocycles. The van der Waals surface area contributed by atoms with Gasteiger partial charge in [0.15, 0.2) is 0 Å². The molecule has 0 radical (unpaired) electrons. The topological polar surface area (TPSA) is 109 Å². The van der Waals surface area contributed by atoms with Crippen LogP contribution in [0.5, 0.6) is 0 Å². The summed E-state index contributed by atoms with van der Waals surface area (Å²) in [4.78, 5) is 40.5. The third-order valence-corrected chi connectivity index (χ3v) is 4.28. The van der Waals surface area contributed by atoms with Crippen LogP contribution in [-0.2, 0) is 36.8 Å². The van der Waals surface area contributed by atoms with Crippen LogP contribution >= 0.6 is 0 Å². The maximum Gasteiger partial charge on any atom is 0.441 e. The molecule has 1 aromatic carbocycles. The van der Waals surface area contributed by atoms with E-state index in [-0.39, 0.29) is 25.5 Å². The predicted molar refractivity (Wildman–Crippen MR) is 91.2 cm³/mol. The number of methoxy groups -OCH3 is 1. The Morgan fingerprint density at radius 3 is 2.58 bits per heavy atom. The molecular formula is C18H21N3O5. The van der Waals surface area contributed by atoms with E-state index in [9.17, 15) is 14.4 Å². The fourth-order valence-electron chi connectivity index (χ4n) is 2.95. The number of carbonyl (C=O) groups is 3. The minimum Gasteiger partial charge on any atom is -0.468 e. The number of ketones is 1. The monoisotopic (exact) mass is 359 g/mol. The Hall–Kier alpha value is -2.83. The smallest absolute Gasteiger partial charge is 0.441 e. The molecule has 1 aliphatic heterocycles. The van der Waals surface area contributed by atoms with Crippen LogP contribution in [0.25, 0.3) is 5.53 Å². The van der Waals surface area contributed by atoms with Gasteiger partial charge in [-0.3, -0.25) is 14.5 Å². The first-order valence-electron chi connectivity index (χ1n) is 8.32. The lowest BCUT2D eigenvalue weighted by Crippen LogP contribution is -2.47. The lowest BCUT2D eigenvalue weighted by Gasteiger charge is -2.34. The first-order chi connectivity index (χ1) is 12.5. The van der Waals surface area contributed by atoms with Crippen LogP contribution in [0.3, 0.4) is 0 Å². The van der Waals surface area contributed by atoms with Crippen LogP contribution in [0.15, 0.2) is 24.3 Å². The molecule has 1 heterocycles. The molecular weight excluding hydrogens is 338 g/mol. The molecule has 0 bridgehead atoms. The Balaban J connectivity index is 2.11. The van der Waals surface area contributed by atoms with E-state index in [0.29, 0.717) is 13.0 Å². The molecule has 0 amide bonds. The average molecular weight is 359 g/mol. The Morgan fingerprint density at radius 2 is 1.96 bits per heavy atom. The minimum atomic E-state index is -0.964. The summed E-state index contributed by atoms with van der Waals surface area (Å²) in [6.45, 7) is 2.35. The molecule has 1 aromatic rings. The SMILES string of the molecule is CCOC(=O)C(=[N+]=[N-])C(=O)CCN1Cc2ccccc2C[C@H]1C(=O)OC. The zero-order valence-corrected chi connectivity index (χ0v) is 14.8. The van der Waals surface area contributed by atoms with E-state index in [0.717, 1.165) is 11.1 Å². The van der Waals surface area contributed by atoms with Gasteiger partial charge in [-0.15, -0.1) is 0 Å². The summed E-state index contributed by atoms with van der Waals surface area (Å²) in [5.74, 6) is -1.99. The first-order valence-corrected chi connectivity index (χ1v) is 8.32. The fraction of sp³-hybridized carbons (Fsp3) is 0.444. The lowest BCUT2D eigenvalue weighted by atomic mass is 9.93. The normalized spacial score (nSPS) is 16.2. The van der Waals surface area contributed by atoms with Gasteiger partial charge in [0.2, 0.25) is 0 Å². The van der Waals surface area contributed by atoms with Gasteiger partial charge in [-0.25, -0.2) is 4.79 Å². The van der Waals surface area contributed by atoms with Crippen LogP contribution in [0.2, 0.25) is 0 Å². The minimum absolute atomic E-state index is 0.0679. The maximum absolute atomic E-state index is 12.2. The van der Waals surface area contributed by atoms with E-state index in [1.165, 1.54) is 7.11 Å². The summed E-state index contributed by atoms with van der Waals surface area (Å²) >= 11 is 0. The van der Waals surface area contributed by atoms with Crippen molar-refractivity contribution in [2.45, 2.75) is 32.4 Å². The van der Waals surface area contributed by atoms with Crippen LogP contribution in [0, 0.1) is 0 Å². The number of ether oxygens (including phenoxy) is 2. The highest BCUT2D eigenvalue weighted by Crippen LogP contribution is 2.24. The van der Waals surface area contributed by atoms with E-state index in [2.05, 4.69) is 4.79 Å². The van der Waals surface area contributed by atoms with Crippen molar-refractivity contribution in [2.24, 2.45) is 0 Å². The molecule has 138 valence electrons. The third kappa shape index (κ3) is 4.41. The van der Waals surface area contributed by atoms with Crippen molar-refractivity contribution in [2.75, 3.05) is 20.3 Å². The second-order valence-electron chi connectivity index (χ2n) is 5.82. The highest BCUT2D eigenvalue weighted by atomic mass is 16.5. The molecule has 0 aliphatic carbocycles. The van der Waals surface area contributed by atoms with Gasteiger partial charge in [0.05, 0.1) is 13.7 Å². The molecule has 26 heavy (non-hydrogen) atoms. The molecule has 0 saturated heterocycles. The summed E-state index contributed by atoms with van der Waals surface area (Å²) in [7, 11) is 1.32. The summed E-state index contributed by atoms with van der Waals surface area (Å²) in [6, 6.07) is 7.25. The number of fused-ring (bicyclic) bond motifs is 1. The number of hydrogen-bond donors (Lipinski definition) is 0. The molecule has 0 spiro atoms. The maximum atomic E-state index is 12.2. The standard InChI is InChI=1S/C18H21N3O5/c1-3-26-18(24)16(20-19)15(22)8-9-21-11-13-7-5-4-6-12(13)10-14(21)17(23)25-2/h4-7,14H,3,8-11H2,1-2H3/t14-/m0/s1. The number of nitrogens with zero attached hydrogens (tertiary/aromatic N) is 3. The van der Waals surface area contributed by atoms with Gasteiger partial charge in [-0.1, -0.05) is 24.3 Å². The van der Waals surface area contributed by atoms with E-state index in [4.69, 9.17) is 15.0 Å². The van der Waals surface area contributed by atoms with Crippen LogP contribution in [0.4, 0.5) is 0 Å². The van der Waals surface area contributed by atoms with Gasteiger partial charge in [-0.2, -0.15) is 4.79 Å². The Morgan fingerprint density at radius 1 is 1.27 bits per heavy atom. The number of hydrogen-bond acceptors (Lipinski definition) is 6. The van der Waals surface area contributed by atoms with Gasteiger partial charge in [0.25, 0.3) is 5.78 Å². The second kappa shape index (κ2) is 9.03. The summed E-state index contributed by atoms with van der Waals surface area (Å²) < 4.78 is 9.57. The Kier molecular flexibility index (Phi) is 6.77. The number of carbonyl (C=O) groups excluding carboxylic acids is 3. The van der Waals surface area contributed by atoms with Gasteiger partial charge in [0, 0.05) is 19.5 Å². The number of esters is 2. The molecule has 0 N–H and O–H groups in total. The van der Waals surface area contributed by atoms with E-state index >= 15 is 0 Å². The van der Waals surface area contributed by atoms with E-state index in [1.54, 1.807) is 6.92 Å². The van der Waals surface area contributed by atoms with Gasteiger partial charge in [0.1, 0.15) is 6.04 Å². The van der Waals surface area contributed by atoms with Gasteiger partial charge in [-0.05, 0) is 24.5 Å². The summed E-state index contributed by atoms with van der Waals surface area (Å²) in [5.41, 5.74) is 10.4. The molecule has 0 unspecified atom stereocenters. The molecule has 1 atom stereocenters. The van der Waals surface area contributed by atoms with Crippen LogP contribution in [-0.4, -0.2) is 59.4 Å². The summed E-state index contributed by atoms with van der Waals surface area (Å²) in [6.07, 6.45) is 0.393. The molecule has 2 rings (SSSR count). The number of Topliss-reactive ketones (excluding diaryl/α,β-unsaturated/α-hetero) is 1. The molecule has 8 heteroatoms. The zero-order valence-electron chi connectivity index (χ0n) is 14.8. The number of rotatable bonds is 7. The Labute approximate surface area is 151 Å². The van der Waals surface area contributed by atoms with Crippen molar-refractivity contribution in [3.05, 3.63) is 40.9 Å². The fourth-order valence-corrected chi connectivity index (χ4v) is 2.95. The Bertz CT molecular complexity index is 755. The van der Waals surface area contributed by atoms with Crippen molar-refractivity contribution in [3.63, 3.8) is 0 Å². The van der Waals surface area contributed by atoms with Crippen LogP contribution < -0.4 is 0 Å². The molecule has 1 aliphatic rings. The lowest BCUT2D eigenvalue weighted by molar-refractivity contribution is -0.148. The molecule has 8 nitrogen and oxygen atoms in total. The van der Waals surface area contributed by atoms with Crippen molar-refractivity contribution in [1.82, 2.24) is 4.90 Å². The van der Waals surface area contributed by atoms with E-state index in [1.807, 2.05) is 29.2 Å². The average Bonchev–Trinajstić information content (AvgIpc) is 2.65. The molecule has 0 saturated carbocycles. The number of benzene rings is 1. The molecule has 0 fully saturated rings. The van der Waals surface area contributed by atoms with Gasteiger partial charge < -0.3 is 15.0 Å². The van der Waals surface area contributed by atoms with Crippen molar-refractivity contribution in [1.29, 1.82) is 0 Å². The van der Waals surface area contributed by atoms with Crippen LogP contribution in [0.1, 0.15) is 24.5 Å². The largest absolute Gasteiger partial charge is 0.468 e. The first kappa shape index (κ1) is 19.5. The zero-order chi connectivity index (χ0) is 19.1. The second-order valence-corrected chi connectivity index (χ2v) is 5.82. The third-order valence-electron chi connectivity index (χ3n) is 4.28. The van der Waals surface area contributed by atoms with Gasteiger partial charge >= 0.3 is 17.7 Å². The van der Waals surface area contributed by atoms with Crippen molar-refractivity contribution >= 4 is 23.4 Å². The van der Waals surface area contributed by atoms with Crippen molar-refractivity contribution < 1.29 is 28.6 Å². The summed E-state index contributed by atoms with van der Waals surface area (Å²) in [5, 5.41) is 0. The highest BCUT2D eigenvalue weighted by molar-refractivity contribution is 6.62. The predicted octanol–water partition coefficient (Wildman–Crippen LogP) is 0.779. The quantitative estimate of drug-likeness (QED) is 0.234. The van der Waals surface area contributed by atoms with Crippen molar-refractivity contribution in [3.8, 4) is 0 Å². The highest BCUT2D eigenvalue weighted by Gasteiger charge is 2.35. The van der Waals surface area contributed by atoms with E-state index < -0.39 is 23.5 Å².